The van der Waals surface area contributed by atoms with E-state index in [9.17, 15) is 9.59 Å². The Labute approximate surface area is 110 Å². The smallest absolute Gasteiger partial charge is 0.325 e. The number of nitrogens with one attached hydrogen (secondary N) is 1. The summed E-state index contributed by atoms with van der Waals surface area (Å²) in [6.45, 7) is 1.80. The molecule has 0 saturated carbocycles. The molecule has 0 aliphatic rings. The summed E-state index contributed by atoms with van der Waals surface area (Å²) in [5.41, 5.74) is 0.917. The molecule has 6 heteroatoms. The van der Waals surface area contributed by atoms with E-state index in [2.05, 4.69) is 5.32 Å². The number of hydrogen-bond donors (Lipinski definition) is 2. The molecule has 0 aliphatic heterocycles. The molecule has 0 heterocycles. The van der Waals surface area contributed by atoms with E-state index in [1.807, 2.05) is 12.1 Å². The lowest BCUT2D eigenvalue weighted by Gasteiger charge is -2.19. The molecule has 0 saturated heterocycles. The Morgan fingerprint density at radius 3 is 2.44 bits per heavy atom. The maximum atomic E-state index is 11.7. The van der Waals surface area contributed by atoms with Gasteiger partial charge in [-0.2, -0.15) is 0 Å². The molecule has 98 valence electrons. The van der Waals surface area contributed by atoms with Crippen LogP contribution in [0.3, 0.4) is 0 Å². The highest BCUT2D eigenvalue weighted by Crippen LogP contribution is 2.10. The molecule has 1 aromatic rings. The monoisotopic (exact) mass is 270 g/mol. The number of carbonyl (C=O) groups is 2. The molecule has 0 aromatic heterocycles. The number of nitrogens with zero attached hydrogens (tertiary/aromatic N) is 1. The van der Waals surface area contributed by atoms with Gasteiger partial charge in [0.2, 0.25) is 0 Å². The second kappa shape index (κ2) is 6.26. The summed E-state index contributed by atoms with van der Waals surface area (Å²) in [5.74, 6) is -1.07. The van der Waals surface area contributed by atoms with Crippen molar-refractivity contribution in [3.63, 3.8) is 0 Å². The standard InChI is InChI=1S/C12H15ClN2O3/c1-8(11(16)17)14-12(18)15(2)7-9-3-5-10(13)6-4-9/h3-6,8H,7H2,1-2H3,(H,14,18)(H,16,17)/t8-/m0/s1. The predicted octanol–water partition coefficient (Wildman–Crippen LogP) is 1.95. The third-order valence-electron chi connectivity index (χ3n) is 2.39. The van der Waals surface area contributed by atoms with Crippen LogP contribution in [0.25, 0.3) is 0 Å². The van der Waals surface area contributed by atoms with Gasteiger partial charge in [-0.15, -0.1) is 0 Å². The molecule has 1 rings (SSSR count). The Balaban J connectivity index is 2.54. The fraction of sp³-hybridized carbons (Fsp3) is 0.333. The molecular formula is C12H15ClN2O3. The summed E-state index contributed by atoms with van der Waals surface area (Å²) < 4.78 is 0. The largest absolute Gasteiger partial charge is 0.480 e. The molecule has 0 fully saturated rings. The number of benzene rings is 1. The van der Waals surface area contributed by atoms with Crippen LogP contribution in [0.5, 0.6) is 0 Å². The number of hydrogen-bond acceptors (Lipinski definition) is 2. The lowest BCUT2D eigenvalue weighted by Crippen LogP contribution is -2.44. The highest BCUT2D eigenvalue weighted by molar-refractivity contribution is 6.30. The number of urea groups is 1. The van der Waals surface area contributed by atoms with E-state index in [-0.39, 0.29) is 0 Å². The van der Waals surface area contributed by atoms with Crippen LogP contribution in [0.2, 0.25) is 5.02 Å². The topological polar surface area (TPSA) is 69.6 Å². The van der Waals surface area contributed by atoms with E-state index < -0.39 is 18.0 Å². The van der Waals surface area contributed by atoms with Crippen LogP contribution in [0.4, 0.5) is 4.79 Å². The van der Waals surface area contributed by atoms with Gasteiger partial charge in [0.25, 0.3) is 0 Å². The van der Waals surface area contributed by atoms with Gasteiger partial charge in [-0.05, 0) is 24.6 Å². The van der Waals surface area contributed by atoms with Crippen molar-refractivity contribution in [1.29, 1.82) is 0 Å². The molecule has 18 heavy (non-hydrogen) atoms. The Morgan fingerprint density at radius 2 is 1.94 bits per heavy atom. The first-order valence-electron chi connectivity index (χ1n) is 5.39. The zero-order valence-electron chi connectivity index (χ0n) is 10.2. The first-order chi connectivity index (χ1) is 8.40. The van der Waals surface area contributed by atoms with Crippen molar-refractivity contribution in [3.05, 3.63) is 34.9 Å². The lowest BCUT2D eigenvalue weighted by molar-refractivity contribution is -0.138. The fourth-order valence-electron chi connectivity index (χ4n) is 1.29. The summed E-state index contributed by atoms with van der Waals surface area (Å²) >= 11 is 5.76. The fourth-order valence-corrected chi connectivity index (χ4v) is 1.42. The van der Waals surface area contributed by atoms with Crippen LogP contribution in [-0.4, -0.2) is 35.1 Å². The van der Waals surface area contributed by atoms with Gasteiger partial charge in [0.15, 0.2) is 0 Å². The Hall–Kier alpha value is -1.75. The molecule has 0 bridgehead atoms. The predicted molar refractivity (Wildman–Crippen MR) is 68.5 cm³/mol. The molecule has 0 spiro atoms. The van der Waals surface area contributed by atoms with Gasteiger partial charge in [0.1, 0.15) is 6.04 Å². The molecule has 1 aromatic carbocycles. The maximum Gasteiger partial charge on any atom is 0.325 e. The van der Waals surface area contributed by atoms with Crippen LogP contribution >= 0.6 is 11.6 Å². The normalized spacial score (nSPS) is 11.7. The molecule has 5 nitrogen and oxygen atoms in total. The van der Waals surface area contributed by atoms with E-state index >= 15 is 0 Å². The highest BCUT2D eigenvalue weighted by Gasteiger charge is 2.16. The van der Waals surface area contributed by atoms with E-state index in [0.29, 0.717) is 11.6 Å². The second-order valence-corrected chi connectivity index (χ2v) is 4.43. The van der Waals surface area contributed by atoms with Crippen LogP contribution in [0.1, 0.15) is 12.5 Å². The van der Waals surface area contributed by atoms with Gasteiger partial charge in [0.05, 0.1) is 0 Å². The van der Waals surface area contributed by atoms with Crippen molar-refractivity contribution < 1.29 is 14.7 Å². The molecule has 0 unspecified atom stereocenters. The van der Waals surface area contributed by atoms with Crippen molar-refractivity contribution in [2.24, 2.45) is 0 Å². The Kier molecular flexibility index (Phi) is 4.97. The summed E-state index contributed by atoms with van der Waals surface area (Å²) in [6.07, 6.45) is 0. The zero-order chi connectivity index (χ0) is 13.7. The number of halogens is 1. The minimum Gasteiger partial charge on any atom is -0.480 e. The number of carboxylic acids is 1. The van der Waals surface area contributed by atoms with Crippen molar-refractivity contribution in [1.82, 2.24) is 10.2 Å². The molecule has 1 atom stereocenters. The molecule has 0 radical (unpaired) electrons. The van der Waals surface area contributed by atoms with Gasteiger partial charge in [-0.25, -0.2) is 4.79 Å². The highest BCUT2D eigenvalue weighted by atomic mass is 35.5. The summed E-state index contributed by atoms with van der Waals surface area (Å²) in [5, 5.41) is 11.7. The number of amides is 2. The third-order valence-corrected chi connectivity index (χ3v) is 2.64. The minimum atomic E-state index is -1.07. The average molecular weight is 271 g/mol. The first-order valence-corrected chi connectivity index (χ1v) is 5.77. The van der Waals surface area contributed by atoms with Crippen LogP contribution in [0.15, 0.2) is 24.3 Å². The van der Waals surface area contributed by atoms with Gasteiger partial charge in [-0.3, -0.25) is 4.79 Å². The molecule has 2 amide bonds. The quantitative estimate of drug-likeness (QED) is 0.879. The van der Waals surface area contributed by atoms with Crippen molar-refractivity contribution in [2.45, 2.75) is 19.5 Å². The van der Waals surface area contributed by atoms with Gasteiger partial charge in [0, 0.05) is 18.6 Å². The molecule has 2 N–H and O–H groups in total. The molecule has 0 aliphatic carbocycles. The van der Waals surface area contributed by atoms with Crippen molar-refractivity contribution in [3.8, 4) is 0 Å². The number of rotatable bonds is 4. The number of aliphatic carboxylic acids is 1. The number of carboxylic acid groups (broad SMARTS) is 1. The second-order valence-electron chi connectivity index (χ2n) is 3.99. The van der Waals surface area contributed by atoms with E-state index in [1.165, 1.54) is 11.8 Å². The summed E-state index contributed by atoms with van der Waals surface area (Å²) in [7, 11) is 1.60. The molecular weight excluding hydrogens is 256 g/mol. The van der Waals surface area contributed by atoms with Crippen molar-refractivity contribution >= 4 is 23.6 Å². The van der Waals surface area contributed by atoms with Crippen LogP contribution in [-0.2, 0) is 11.3 Å². The summed E-state index contributed by atoms with van der Waals surface area (Å²) in [4.78, 5) is 23.7. The number of carbonyl (C=O) groups excluding carboxylic acids is 1. The Bertz CT molecular complexity index is 433. The first kappa shape index (κ1) is 14.3. The van der Waals surface area contributed by atoms with Gasteiger partial charge in [-0.1, -0.05) is 23.7 Å². The third kappa shape index (κ3) is 4.25. The SMILES string of the molecule is C[C@H](NC(=O)N(C)Cc1ccc(Cl)cc1)C(=O)O. The average Bonchev–Trinajstić information content (AvgIpc) is 2.31. The van der Waals surface area contributed by atoms with Gasteiger partial charge >= 0.3 is 12.0 Å². The Morgan fingerprint density at radius 1 is 1.39 bits per heavy atom. The van der Waals surface area contributed by atoms with E-state index in [1.54, 1.807) is 19.2 Å². The lowest BCUT2D eigenvalue weighted by atomic mass is 10.2. The minimum absolute atomic E-state index is 0.384. The van der Waals surface area contributed by atoms with E-state index in [0.717, 1.165) is 5.56 Å². The van der Waals surface area contributed by atoms with Crippen LogP contribution in [0, 0.1) is 0 Å². The van der Waals surface area contributed by atoms with Crippen LogP contribution < -0.4 is 5.32 Å². The maximum absolute atomic E-state index is 11.7. The van der Waals surface area contributed by atoms with E-state index in [4.69, 9.17) is 16.7 Å². The zero-order valence-corrected chi connectivity index (χ0v) is 10.9. The summed E-state index contributed by atoms with van der Waals surface area (Å²) in [6, 6.07) is 5.76. The van der Waals surface area contributed by atoms with Gasteiger partial charge < -0.3 is 15.3 Å². The van der Waals surface area contributed by atoms with Crippen molar-refractivity contribution in [2.75, 3.05) is 7.05 Å².